The zero-order valence-electron chi connectivity index (χ0n) is 20.9. The number of allylic oxidation sites excluding steroid dienone is 1. The van der Waals surface area contributed by atoms with Crippen LogP contribution in [0.3, 0.4) is 0 Å². The third-order valence-electron chi connectivity index (χ3n) is 5.77. The first-order valence-corrected chi connectivity index (χ1v) is 11.5. The first kappa shape index (κ1) is 29.3. The number of alkyl halides is 6. The molecule has 0 spiro atoms. The highest BCUT2D eigenvalue weighted by Crippen LogP contribution is 2.38. The summed E-state index contributed by atoms with van der Waals surface area (Å²) in [7, 11) is 1.18. The Kier molecular flexibility index (Phi) is 8.46. The van der Waals surface area contributed by atoms with Gasteiger partial charge in [-0.25, -0.2) is 14.4 Å². The van der Waals surface area contributed by atoms with Crippen molar-refractivity contribution < 1.29 is 45.5 Å². The predicted octanol–water partition coefficient (Wildman–Crippen LogP) is 6.29. The number of nitrogens with zero attached hydrogens (tertiary/aromatic N) is 1. The number of carbonyl (C=O) groups is 3. The number of rotatable bonds is 6. The van der Waals surface area contributed by atoms with Crippen LogP contribution in [0.2, 0.25) is 0 Å². The van der Waals surface area contributed by atoms with E-state index < -0.39 is 53.2 Å². The smallest absolute Gasteiger partial charge is 0.416 e. The minimum Gasteiger partial charge on any atom is -0.466 e. The second kappa shape index (κ2) is 11.3. The third-order valence-corrected chi connectivity index (χ3v) is 5.77. The normalized spacial score (nSPS) is 16.1. The molecule has 4 amide bonds. The minimum atomic E-state index is -5.08. The van der Waals surface area contributed by atoms with Gasteiger partial charge >= 0.3 is 30.4 Å². The second-order valence-electron chi connectivity index (χ2n) is 8.52. The Balaban J connectivity index is 1.89. The molecule has 0 aliphatic carbocycles. The molecule has 3 N–H and O–H groups in total. The first-order valence-electron chi connectivity index (χ1n) is 11.5. The Morgan fingerprint density at radius 1 is 0.974 bits per heavy atom. The van der Waals surface area contributed by atoms with E-state index in [1.165, 1.54) is 30.2 Å². The molecule has 8 nitrogen and oxygen atoms in total. The summed E-state index contributed by atoms with van der Waals surface area (Å²) in [6, 6.07) is 3.98. The predicted molar refractivity (Wildman–Crippen MR) is 129 cm³/mol. The molecule has 0 bridgehead atoms. The lowest BCUT2D eigenvalue weighted by molar-refractivity contribution is -0.143. The highest BCUT2D eigenvalue weighted by molar-refractivity contribution is 6.00. The molecule has 14 heteroatoms. The number of anilines is 2. The van der Waals surface area contributed by atoms with E-state index in [1.54, 1.807) is 13.0 Å². The highest BCUT2D eigenvalue weighted by atomic mass is 19.4. The van der Waals surface area contributed by atoms with Gasteiger partial charge in [-0.3, -0.25) is 4.90 Å². The van der Waals surface area contributed by atoms with Crippen molar-refractivity contribution >= 4 is 29.4 Å². The summed E-state index contributed by atoms with van der Waals surface area (Å²) in [6.07, 6.45) is -9.54. The SMILES string of the molecule is CCCN1C(=O)N[C@H](c2cccc(NC(=O)Nc3cc(C(F)(F)F)cc(C(F)(F)F)c3)c2)C(C(=O)OC)=C1C. The molecule has 39 heavy (non-hydrogen) atoms. The number of amides is 4. The molecule has 210 valence electrons. The third kappa shape index (κ3) is 6.81. The minimum absolute atomic E-state index is 0.0545. The topological polar surface area (TPSA) is 99.8 Å². The molecule has 3 rings (SSSR count). The summed E-state index contributed by atoms with van der Waals surface area (Å²) in [4.78, 5) is 39.1. The fourth-order valence-corrected chi connectivity index (χ4v) is 4.02. The number of hydrogen-bond acceptors (Lipinski definition) is 4. The zero-order valence-corrected chi connectivity index (χ0v) is 20.9. The van der Waals surface area contributed by atoms with Crippen molar-refractivity contribution in [3.8, 4) is 0 Å². The van der Waals surface area contributed by atoms with Crippen LogP contribution in [0, 0.1) is 0 Å². The van der Waals surface area contributed by atoms with Gasteiger partial charge in [-0.2, -0.15) is 26.3 Å². The van der Waals surface area contributed by atoms with E-state index in [4.69, 9.17) is 4.74 Å². The average Bonchev–Trinajstić information content (AvgIpc) is 2.84. The number of urea groups is 2. The van der Waals surface area contributed by atoms with Gasteiger partial charge in [0.25, 0.3) is 0 Å². The van der Waals surface area contributed by atoms with E-state index in [0.717, 1.165) is 0 Å². The molecule has 1 atom stereocenters. The molecule has 0 radical (unpaired) electrons. The van der Waals surface area contributed by atoms with Gasteiger partial charge in [-0.1, -0.05) is 19.1 Å². The van der Waals surface area contributed by atoms with Crippen molar-refractivity contribution in [3.05, 3.63) is 70.4 Å². The summed E-state index contributed by atoms with van der Waals surface area (Å²) in [6.45, 7) is 3.79. The molecule has 1 aliphatic rings. The van der Waals surface area contributed by atoms with Crippen LogP contribution in [-0.4, -0.2) is 36.6 Å². The van der Waals surface area contributed by atoms with Gasteiger partial charge < -0.3 is 20.7 Å². The standard InChI is InChI=1S/C25H24F6N4O4/c1-4-8-35-13(2)19(21(36)39-3)20(34-23(35)38)14-6-5-7-17(9-14)32-22(37)33-18-11-15(24(26,27)28)10-16(12-18)25(29,30)31/h5-7,9-12,20H,4,8H2,1-3H3,(H,34,38)(H2,32,33,37)/t20-/m1/s1. The largest absolute Gasteiger partial charge is 0.466 e. The highest BCUT2D eigenvalue weighted by Gasteiger charge is 2.38. The van der Waals surface area contributed by atoms with E-state index >= 15 is 0 Å². The van der Waals surface area contributed by atoms with Gasteiger partial charge in [-0.15, -0.1) is 0 Å². The van der Waals surface area contributed by atoms with Gasteiger partial charge in [0.1, 0.15) is 0 Å². The molecular formula is C25H24F6N4O4. The zero-order chi connectivity index (χ0) is 29.1. The molecule has 1 heterocycles. The Morgan fingerprint density at radius 3 is 2.10 bits per heavy atom. The van der Waals surface area contributed by atoms with Crippen LogP contribution in [-0.2, 0) is 21.9 Å². The van der Waals surface area contributed by atoms with Crippen molar-refractivity contribution in [1.29, 1.82) is 0 Å². The number of hydrogen-bond donors (Lipinski definition) is 3. The maximum absolute atomic E-state index is 13.1. The van der Waals surface area contributed by atoms with Gasteiger partial charge in [0.2, 0.25) is 0 Å². The quantitative estimate of drug-likeness (QED) is 0.287. The second-order valence-corrected chi connectivity index (χ2v) is 8.52. The molecule has 0 saturated heterocycles. The fraction of sp³-hybridized carbons (Fsp3) is 0.320. The van der Waals surface area contributed by atoms with Crippen LogP contribution < -0.4 is 16.0 Å². The van der Waals surface area contributed by atoms with E-state index in [1.807, 2.05) is 12.2 Å². The summed E-state index contributed by atoms with van der Waals surface area (Å²) >= 11 is 0. The van der Waals surface area contributed by atoms with Crippen molar-refractivity contribution in [2.45, 2.75) is 38.7 Å². The molecule has 0 saturated carbocycles. The lowest BCUT2D eigenvalue weighted by atomic mass is 9.94. The lowest BCUT2D eigenvalue weighted by Crippen LogP contribution is -2.48. The van der Waals surface area contributed by atoms with E-state index in [0.29, 0.717) is 36.4 Å². The number of benzene rings is 2. The van der Waals surface area contributed by atoms with Gasteiger partial charge in [-0.05, 0) is 49.2 Å². The van der Waals surface area contributed by atoms with Crippen LogP contribution in [0.5, 0.6) is 0 Å². The first-order chi connectivity index (χ1) is 18.1. The van der Waals surface area contributed by atoms with Crippen LogP contribution in [0.15, 0.2) is 53.7 Å². The van der Waals surface area contributed by atoms with Crippen LogP contribution in [0.1, 0.15) is 43.0 Å². The van der Waals surface area contributed by atoms with Gasteiger partial charge in [0.05, 0.1) is 29.9 Å². The van der Waals surface area contributed by atoms with Crippen molar-refractivity contribution in [2.24, 2.45) is 0 Å². The van der Waals surface area contributed by atoms with E-state index in [-0.39, 0.29) is 17.3 Å². The number of esters is 1. The molecule has 1 aliphatic heterocycles. The summed E-state index contributed by atoms with van der Waals surface area (Å²) in [5.41, 5.74) is -2.94. The maximum Gasteiger partial charge on any atom is 0.416 e. The summed E-state index contributed by atoms with van der Waals surface area (Å²) in [5.74, 6) is -0.695. The fourth-order valence-electron chi connectivity index (χ4n) is 4.02. The number of ether oxygens (including phenoxy) is 1. The number of methoxy groups -OCH3 is 1. The van der Waals surface area contributed by atoms with Crippen LogP contribution >= 0.6 is 0 Å². The molecule has 0 fully saturated rings. The van der Waals surface area contributed by atoms with Crippen molar-refractivity contribution in [2.75, 3.05) is 24.3 Å². The summed E-state index contributed by atoms with van der Waals surface area (Å²) < 4.78 is 83.6. The number of carbonyl (C=O) groups excluding carboxylic acids is 3. The Bertz CT molecular complexity index is 1270. The average molecular weight is 558 g/mol. The van der Waals surface area contributed by atoms with Gasteiger partial charge in [0, 0.05) is 23.6 Å². The lowest BCUT2D eigenvalue weighted by Gasteiger charge is -2.35. The van der Waals surface area contributed by atoms with Crippen molar-refractivity contribution in [1.82, 2.24) is 10.2 Å². The maximum atomic E-state index is 13.1. The Hall–Kier alpha value is -4.23. The molecule has 0 unspecified atom stereocenters. The number of nitrogens with one attached hydrogen (secondary N) is 3. The Labute approximate surface area is 219 Å². The molecule has 2 aromatic carbocycles. The van der Waals surface area contributed by atoms with Gasteiger partial charge in [0.15, 0.2) is 0 Å². The van der Waals surface area contributed by atoms with Crippen LogP contribution in [0.25, 0.3) is 0 Å². The van der Waals surface area contributed by atoms with E-state index in [2.05, 4.69) is 10.6 Å². The van der Waals surface area contributed by atoms with Crippen LogP contribution in [0.4, 0.5) is 47.3 Å². The molecular weight excluding hydrogens is 534 g/mol. The van der Waals surface area contributed by atoms with E-state index in [9.17, 15) is 40.7 Å². The monoisotopic (exact) mass is 558 g/mol. The number of halogens is 6. The Morgan fingerprint density at radius 2 is 1.56 bits per heavy atom. The molecule has 2 aromatic rings. The summed E-state index contributed by atoms with van der Waals surface area (Å²) in [5, 5.41) is 7.01. The molecule has 0 aromatic heterocycles. The van der Waals surface area contributed by atoms with Crippen molar-refractivity contribution in [3.63, 3.8) is 0 Å².